The Balaban J connectivity index is 1.47. The first-order valence-corrected chi connectivity index (χ1v) is 8.51. The number of carbonyl (C=O) groups is 1. The number of rotatable bonds is 4. The van der Waals surface area contributed by atoms with Crippen molar-refractivity contribution in [2.45, 2.75) is 50.7 Å². The summed E-state index contributed by atoms with van der Waals surface area (Å²) in [4.78, 5) is 23.1. The molecule has 4 saturated carbocycles. The predicted octanol–water partition coefficient (Wildman–Crippen LogP) is 2.97. The lowest BCUT2D eigenvalue weighted by atomic mass is 9.48. The van der Waals surface area contributed by atoms with Crippen LogP contribution in [0, 0.1) is 27.4 Å². The van der Waals surface area contributed by atoms with Crippen molar-refractivity contribution in [2.75, 3.05) is 0 Å². The predicted molar refractivity (Wildman–Crippen MR) is 85.0 cm³/mol. The summed E-state index contributed by atoms with van der Waals surface area (Å²) in [6.45, 7) is 0.0377. The number of hydrogen-bond acceptors (Lipinski definition) is 5. The third-order valence-corrected chi connectivity index (χ3v) is 5.95. The maximum absolute atomic E-state index is 12.8. The molecule has 6 heteroatoms. The average Bonchev–Trinajstić information content (AvgIpc) is 2.50. The highest BCUT2D eigenvalue weighted by Gasteiger charge is 2.60. The van der Waals surface area contributed by atoms with Gasteiger partial charge in [0, 0.05) is 12.1 Å². The zero-order valence-corrected chi connectivity index (χ0v) is 13.4. The van der Waals surface area contributed by atoms with Crippen LogP contribution in [0.2, 0.25) is 0 Å². The zero-order valence-electron chi connectivity index (χ0n) is 13.4. The van der Waals surface area contributed by atoms with Crippen molar-refractivity contribution in [3.8, 4) is 0 Å². The van der Waals surface area contributed by atoms with E-state index in [9.17, 15) is 20.0 Å². The summed E-state index contributed by atoms with van der Waals surface area (Å²) in [5, 5.41) is 21.5. The van der Waals surface area contributed by atoms with Crippen molar-refractivity contribution in [3.05, 3.63) is 39.9 Å². The number of aliphatic hydroxyl groups is 1. The van der Waals surface area contributed by atoms with E-state index in [2.05, 4.69) is 0 Å². The molecule has 4 aliphatic rings. The van der Waals surface area contributed by atoms with Crippen LogP contribution in [0.3, 0.4) is 0 Å². The first kappa shape index (κ1) is 15.6. The van der Waals surface area contributed by atoms with Crippen LogP contribution in [0.15, 0.2) is 24.3 Å². The first-order valence-electron chi connectivity index (χ1n) is 8.51. The Morgan fingerprint density at radius 3 is 2.62 bits per heavy atom. The fourth-order valence-electron chi connectivity index (χ4n) is 5.51. The summed E-state index contributed by atoms with van der Waals surface area (Å²) in [6, 6.07) is 6.16. The molecule has 0 spiro atoms. The molecular weight excluding hydrogens is 310 g/mol. The summed E-state index contributed by atoms with van der Waals surface area (Å²) in [7, 11) is 0. The van der Waals surface area contributed by atoms with E-state index in [0.717, 1.165) is 32.1 Å². The topological polar surface area (TPSA) is 89.7 Å². The van der Waals surface area contributed by atoms with Gasteiger partial charge in [-0.1, -0.05) is 12.1 Å². The van der Waals surface area contributed by atoms with Crippen molar-refractivity contribution in [1.82, 2.24) is 0 Å². The number of hydrogen-bond donors (Lipinski definition) is 1. The molecule has 4 aliphatic carbocycles. The van der Waals surface area contributed by atoms with Gasteiger partial charge >= 0.3 is 5.97 Å². The molecule has 1 aromatic carbocycles. The van der Waals surface area contributed by atoms with E-state index in [0.29, 0.717) is 23.8 Å². The molecule has 0 saturated heterocycles. The standard InChI is InChI=1S/C18H21NO5/c20-16(24-10-12-2-1-3-15(5-12)19(22)23)17-6-13-4-14(7-17)9-18(21,8-13)11-17/h1-3,5,13-14,21H,4,6-11H2/t13-,14-,17?,18?/m1/s1. The second-order valence-electron chi connectivity index (χ2n) is 7.97. The van der Waals surface area contributed by atoms with E-state index in [-0.39, 0.29) is 18.3 Å². The quantitative estimate of drug-likeness (QED) is 0.520. The minimum absolute atomic E-state index is 0.00679. The molecule has 4 bridgehead atoms. The van der Waals surface area contributed by atoms with E-state index in [1.54, 1.807) is 12.1 Å². The lowest BCUT2D eigenvalue weighted by Crippen LogP contribution is -2.58. The van der Waals surface area contributed by atoms with Gasteiger partial charge < -0.3 is 9.84 Å². The largest absolute Gasteiger partial charge is 0.460 e. The lowest BCUT2D eigenvalue weighted by molar-refractivity contribution is -0.384. The molecule has 5 rings (SSSR count). The Kier molecular flexibility index (Phi) is 3.42. The van der Waals surface area contributed by atoms with Gasteiger partial charge in [-0.2, -0.15) is 0 Å². The number of benzene rings is 1. The van der Waals surface area contributed by atoms with Crippen LogP contribution in [0.25, 0.3) is 0 Å². The summed E-state index contributed by atoms with van der Waals surface area (Å²) < 4.78 is 5.52. The first-order chi connectivity index (χ1) is 11.4. The maximum Gasteiger partial charge on any atom is 0.312 e. The zero-order chi connectivity index (χ0) is 16.9. The summed E-state index contributed by atoms with van der Waals surface area (Å²) in [5.74, 6) is 0.588. The molecule has 0 heterocycles. The Labute approximate surface area is 140 Å². The highest BCUT2D eigenvalue weighted by atomic mass is 16.6. The SMILES string of the molecule is O=C(OCc1cccc([N+](=O)[O-])c1)C12C[C@H]3C[C@@H](CC(O)(C3)C1)C2. The molecule has 1 N–H and O–H groups in total. The molecule has 24 heavy (non-hydrogen) atoms. The number of nitrogens with zero attached hydrogens (tertiary/aromatic N) is 1. The molecule has 0 unspecified atom stereocenters. The van der Waals surface area contributed by atoms with Gasteiger partial charge in [0.1, 0.15) is 6.61 Å². The van der Waals surface area contributed by atoms with Crippen LogP contribution in [0.1, 0.15) is 44.1 Å². The smallest absolute Gasteiger partial charge is 0.312 e. The highest BCUT2D eigenvalue weighted by molar-refractivity contribution is 5.77. The highest BCUT2D eigenvalue weighted by Crippen LogP contribution is 2.62. The van der Waals surface area contributed by atoms with Gasteiger partial charge in [0.25, 0.3) is 5.69 Å². The monoisotopic (exact) mass is 331 g/mol. The molecule has 128 valence electrons. The summed E-state index contributed by atoms with van der Waals surface area (Å²) in [6.07, 6.45) is 4.84. The number of non-ortho nitro benzene ring substituents is 1. The van der Waals surface area contributed by atoms with Crippen LogP contribution in [0.5, 0.6) is 0 Å². The van der Waals surface area contributed by atoms with Crippen LogP contribution in [0.4, 0.5) is 5.69 Å². The minimum atomic E-state index is -0.700. The number of ether oxygens (including phenoxy) is 1. The molecule has 0 amide bonds. The third kappa shape index (κ3) is 2.59. The van der Waals surface area contributed by atoms with E-state index < -0.39 is 15.9 Å². The van der Waals surface area contributed by atoms with Crippen LogP contribution in [-0.2, 0) is 16.1 Å². The van der Waals surface area contributed by atoms with Gasteiger partial charge in [0.2, 0.25) is 0 Å². The summed E-state index contributed by atoms with van der Waals surface area (Å²) >= 11 is 0. The average molecular weight is 331 g/mol. The number of nitro benzene ring substituents is 1. The Morgan fingerprint density at radius 2 is 2.00 bits per heavy atom. The second kappa shape index (κ2) is 5.28. The lowest BCUT2D eigenvalue weighted by Gasteiger charge is -2.58. The number of esters is 1. The fraction of sp³-hybridized carbons (Fsp3) is 0.611. The maximum atomic E-state index is 12.8. The Bertz CT molecular complexity index is 686. The second-order valence-corrected chi connectivity index (χ2v) is 7.97. The van der Waals surface area contributed by atoms with Gasteiger partial charge in [-0.15, -0.1) is 0 Å². The molecule has 1 aromatic rings. The van der Waals surface area contributed by atoms with Gasteiger partial charge in [-0.25, -0.2) is 0 Å². The van der Waals surface area contributed by atoms with Crippen molar-refractivity contribution in [3.63, 3.8) is 0 Å². The Hall–Kier alpha value is -1.95. The van der Waals surface area contributed by atoms with E-state index in [1.165, 1.54) is 12.1 Å². The fourth-order valence-corrected chi connectivity index (χ4v) is 5.51. The normalized spacial score (nSPS) is 36.5. The van der Waals surface area contributed by atoms with Crippen LogP contribution in [-0.4, -0.2) is 21.6 Å². The van der Waals surface area contributed by atoms with E-state index in [4.69, 9.17) is 4.74 Å². The molecule has 2 atom stereocenters. The molecule has 0 aromatic heterocycles. The minimum Gasteiger partial charge on any atom is -0.460 e. The molecule has 0 radical (unpaired) electrons. The molecular formula is C18H21NO5. The number of nitro groups is 1. The van der Waals surface area contributed by atoms with Crippen LogP contribution >= 0.6 is 0 Å². The van der Waals surface area contributed by atoms with Gasteiger partial charge in [-0.05, 0) is 55.9 Å². The van der Waals surface area contributed by atoms with Crippen molar-refractivity contribution >= 4 is 11.7 Å². The molecule has 0 aliphatic heterocycles. The van der Waals surface area contributed by atoms with Gasteiger partial charge in [-0.3, -0.25) is 14.9 Å². The van der Waals surface area contributed by atoms with Crippen molar-refractivity contribution < 1.29 is 19.6 Å². The van der Waals surface area contributed by atoms with Crippen molar-refractivity contribution in [2.24, 2.45) is 17.3 Å². The number of carbonyl (C=O) groups excluding carboxylic acids is 1. The van der Waals surface area contributed by atoms with E-state index >= 15 is 0 Å². The summed E-state index contributed by atoms with van der Waals surface area (Å²) in [5.41, 5.74) is -0.651. The molecule has 6 nitrogen and oxygen atoms in total. The molecule has 4 fully saturated rings. The van der Waals surface area contributed by atoms with Gasteiger partial charge in [0.15, 0.2) is 0 Å². The Morgan fingerprint density at radius 1 is 1.29 bits per heavy atom. The van der Waals surface area contributed by atoms with Crippen LogP contribution < -0.4 is 0 Å². The van der Waals surface area contributed by atoms with Crippen molar-refractivity contribution in [1.29, 1.82) is 0 Å². The van der Waals surface area contributed by atoms with E-state index in [1.807, 2.05) is 0 Å². The van der Waals surface area contributed by atoms with Gasteiger partial charge in [0.05, 0.1) is 15.9 Å². The third-order valence-electron chi connectivity index (χ3n) is 5.95.